The van der Waals surface area contributed by atoms with Crippen LogP contribution in [0.5, 0.6) is 0 Å². The van der Waals surface area contributed by atoms with Gasteiger partial charge in [-0.3, -0.25) is 9.59 Å². The first-order valence-corrected chi connectivity index (χ1v) is 10.3. The van der Waals surface area contributed by atoms with Gasteiger partial charge < -0.3 is 0 Å². The van der Waals surface area contributed by atoms with E-state index in [0.717, 1.165) is 12.8 Å². The van der Waals surface area contributed by atoms with E-state index in [4.69, 9.17) is 0 Å². The zero-order valence-electron chi connectivity index (χ0n) is 11.7. The quantitative estimate of drug-likeness (QED) is 0.529. The second kappa shape index (κ2) is 3.53. The summed E-state index contributed by atoms with van der Waals surface area (Å²) in [5, 5.41) is 0. The molecule has 0 spiro atoms. The average molecular weight is 252 g/mol. The van der Waals surface area contributed by atoms with E-state index in [0.29, 0.717) is 18.4 Å². The van der Waals surface area contributed by atoms with Crippen molar-refractivity contribution in [3.63, 3.8) is 0 Å². The van der Waals surface area contributed by atoms with Gasteiger partial charge in [-0.25, -0.2) is 0 Å². The smallest absolute Gasteiger partial charge is 0.146 e. The Balaban J connectivity index is 2.38. The molecular weight excluding hydrogens is 228 g/mol. The van der Waals surface area contributed by atoms with Gasteiger partial charge in [0.2, 0.25) is 0 Å². The van der Waals surface area contributed by atoms with E-state index in [1.165, 1.54) is 0 Å². The van der Waals surface area contributed by atoms with Crippen molar-refractivity contribution in [2.75, 3.05) is 0 Å². The molecule has 2 aliphatic carbocycles. The average Bonchev–Trinajstić information content (AvgIpc) is 2.42. The van der Waals surface area contributed by atoms with E-state index in [1.807, 2.05) is 6.92 Å². The van der Waals surface area contributed by atoms with Crippen LogP contribution in [0.25, 0.3) is 0 Å². The fourth-order valence-electron chi connectivity index (χ4n) is 3.68. The van der Waals surface area contributed by atoms with Gasteiger partial charge in [0.1, 0.15) is 11.6 Å². The Bertz CT molecular complexity index is 382. The lowest BCUT2D eigenvalue weighted by Gasteiger charge is -2.48. The Kier molecular flexibility index (Phi) is 2.70. The van der Waals surface area contributed by atoms with Crippen LogP contribution in [0.3, 0.4) is 0 Å². The predicted octanol–water partition coefficient (Wildman–Crippen LogP) is 3.43. The number of Topliss-reactive ketones (excluding diaryl/α,β-unsaturated/α-hetero) is 2. The monoisotopic (exact) mass is 252 g/mol. The zero-order chi connectivity index (χ0) is 13.1. The van der Waals surface area contributed by atoms with E-state index >= 15 is 0 Å². The molecule has 0 aromatic carbocycles. The molecule has 0 amide bonds. The fraction of sp³-hybridized carbons (Fsp3) is 0.857. The first kappa shape index (κ1) is 13.0. The maximum absolute atomic E-state index is 12.5. The van der Waals surface area contributed by atoms with Gasteiger partial charge in [0.15, 0.2) is 0 Å². The summed E-state index contributed by atoms with van der Waals surface area (Å²) in [6, 6.07) is 0. The number of hydrogen-bond acceptors (Lipinski definition) is 2. The third kappa shape index (κ3) is 1.66. The van der Waals surface area contributed by atoms with Crippen LogP contribution in [0.2, 0.25) is 25.2 Å². The van der Waals surface area contributed by atoms with Gasteiger partial charge in [0, 0.05) is 20.9 Å². The highest BCUT2D eigenvalue weighted by atomic mass is 28.3. The van der Waals surface area contributed by atoms with E-state index in [2.05, 4.69) is 26.6 Å². The molecular formula is C14H24O2Si. The second-order valence-corrected chi connectivity index (χ2v) is 13.1. The van der Waals surface area contributed by atoms with E-state index in [1.54, 1.807) is 0 Å². The molecule has 0 N–H and O–H groups in total. The molecule has 0 aromatic rings. The minimum absolute atomic E-state index is 0.0651. The van der Waals surface area contributed by atoms with E-state index < -0.39 is 13.5 Å². The van der Waals surface area contributed by atoms with Gasteiger partial charge in [-0.15, -0.1) is 0 Å². The van der Waals surface area contributed by atoms with Crippen LogP contribution >= 0.6 is 0 Å². The molecule has 2 nitrogen and oxygen atoms in total. The lowest BCUT2D eigenvalue weighted by Crippen LogP contribution is -2.51. The standard InChI is InChI=1S/C14H24O2Si/c1-13-7-6-11(15)14(13,2)12(16)8-10(9-13)17(3,4)5/h10H,6-9H2,1-5H3/t10-,13+,14-/m1/s1. The van der Waals surface area contributed by atoms with Gasteiger partial charge in [0.25, 0.3) is 0 Å². The first-order valence-electron chi connectivity index (χ1n) is 6.68. The van der Waals surface area contributed by atoms with Crippen molar-refractivity contribution >= 4 is 19.6 Å². The van der Waals surface area contributed by atoms with Crippen LogP contribution < -0.4 is 0 Å². The van der Waals surface area contributed by atoms with Crippen LogP contribution in [0, 0.1) is 10.8 Å². The number of hydrogen-bond donors (Lipinski definition) is 0. The minimum atomic E-state index is -1.29. The summed E-state index contributed by atoms with van der Waals surface area (Å²) in [6.07, 6.45) is 3.25. The first-order chi connectivity index (χ1) is 7.61. The second-order valence-electron chi connectivity index (χ2n) is 7.50. The summed E-state index contributed by atoms with van der Waals surface area (Å²) in [5.41, 5.74) is -0.174. The summed E-state index contributed by atoms with van der Waals surface area (Å²) in [7, 11) is -1.29. The molecule has 0 heterocycles. The van der Waals surface area contributed by atoms with E-state index in [9.17, 15) is 9.59 Å². The Morgan fingerprint density at radius 3 is 2.24 bits per heavy atom. The van der Waals surface area contributed by atoms with Crippen molar-refractivity contribution in [1.29, 1.82) is 0 Å². The van der Waals surface area contributed by atoms with Crippen molar-refractivity contribution in [1.82, 2.24) is 0 Å². The summed E-state index contributed by atoms with van der Waals surface area (Å²) < 4.78 is 0. The Morgan fingerprint density at radius 2 is 1.71 bits per heavy atom. The zero-order valence-corrected chi connectivity index (χ0v) is 12.7. The molecule has 0 radical (unpaired) electrons. The lowest BCUT2D eigenvalue weighted by molar-refractivity contribution is -0.146. The fourth-order valence-corrected chi connectivity index (χ4v) is 5.54. The highest BCUT2D eigenvalue weighted by Gasteiger charge is 2.62. The molecule has 0 bridgehead atoms. The summed E-state index contributed by atoms with van der Waals surface area (Å²) in [6.45, 7) is 11.1. The lowest BCUT2D eigenvalue weighted by atomic mass is 9.58. The van der Waals surface area contributed by atoms with Crippen LogP contribution in [0.15, 0.2) is 0 Å². The summed E-state index contributed by atoms with van der Waals surface area (Å²) >= 11 is 0. The third-order valence-corrected chi connectivity index (χ3v) is 8.44. The van der Waals surface area contributed by atoms with Crippen LogP contribution in [-0.2, 0) is 9.59 Å². The molecule has 17 heavy (non-hydrogen) atoms. The molecule has 2 rings (SSSR count). The molecule has 0 aromatic heterocycles. The SMILES string of the molecule is C[C@@]12CCC(=O)[C@]1(C)C(=O)C[C@@H]([Si](C)(C)C)C2. The van der Waals surface area contributed by atoms with Crippen molar-refractivity contribution in [2.24, 2.45) is 10.8 Å². The number of fused-ring (bicyclic) bond motifs is 1. The molecule has 2 fully saturated rings. The molecule has 0 aliphatic heterocycles. The molecule has 96 valence electrons. The number of carbonyl (C=O) groups excluding carboxylic acids is 2. The van der Waals surface area contributed by atoms with Crippen molar-refractivity contribution in [3.8, 4) is 0 Å². The van der Waals surface area contributed by atoms with Gasteiger partial charge >= 0.3 is 0 Å². The highest BCUT2D eigenvalue weighted by molar-refractivity contribution is 6.77. The minimum Gasteiger partial charge on any atom is -0.299 e. The van der Waals surface area contributed by atoms with Crippen molar-refractivity contribution in [3.05, 3.63) is 0 Å². The number of ketones is 2. The van der Waals surface area contributed by atoms with Crippen LogP contribution in [0.1, 0.15) is 39.5 Å². The molecule has 0 saturated heterocycles. The van der Waals surface area contributed by atoms with Gasteiger partial charge in [-0.2, -0.15) is 0 Å². The molecule has 2 saturated carbocycles. The molecule has 3 heteroatoms. The van der Waals surface area contributed by atoms with Crippen LogP contribution in [-0.4, -0.2) is 19.6 Å². The molecule has 0 unspecified atom stereocenters. The van der Waals surface area contributed by atoms with Gasteiger partial charge in [-0.05, 0) is 30.7 Å². The van der Waals surface area contributed by atoms with Gasteiger partial charge in [-0.1, -0.05) is 26.6 Å². The molecule has 3 atom stereocenters. The number of rotatable bonds is 1. The maximum Gasteiger partial charge on any atom is 0.146 e. The van der Waals surface area contributed by atoms with Crippen molar-refractivity contribution in [2.45, 2.75) is 64.7 Å². The van der Waals surface area contributed by atoms with Crippen LogP contribution in [0.4, 0.5) is 0 Å². The Morgan fingerprint density at radius 1 is 1.12 bits per heavy atom. The summed E-state index contributed by atoms with van der Waals surface area (Å²) in [5.74, 6) is 0.417. The predicted molar refractivity (Wildman–Crippen MR) is 71.8 cm³/mol. The summed E-state index contributed by atoms with van der Waals surface area (Å²) in [4.78, 5) is 24.6. The topological polar surface area (TPSA) is 34.1 Å². The normalized spacial score (nSPS) is 42.8. The molecule has 2 aliphatic rings. The van der Waals surface area contributed by atoms with Crippen molar-refractivity contribution < 1.29 is 9.59 Å². The third-order valence-electron chi connectivity index (χ3n) is 5.58. The van der Waals surface area contributed by atoms with Gasteiger partial charge in [0.05, 0.1) is 5.41 Å². The largest absolute Gasteiger partial charge is 0.299 e. The Hall–Kier alpha value is -0.443. The van der Waals surface area contributed by atoms with E-state index in [-0.39, 0.29) is 17.0 Å². The number of carbonyl (C=O) groups is 2. The highest BCUT2D eigenvalue weighted by Crippen LogP contribution is 2.60. The Labute approximate surface area is 105 Å². The maximum atomic E-state index is 12.5.